The molecule has 0 aliphatic rings. The molecule has 0 amide bonds. The molecule has 7 heteroatoms. The third-order valence-electron chi connectivity index (χ3n) is 3.72. The first-order valence-electron chi connectivity index (χ1n) is 7.03. The Morgan fingerprint density at radius 3 is 3.05 bits per heavy atom. The number of aromatic nitrogens is 5. The number of rotatable bonds is 5. The average molecular weight is 312 g/mol. The highest BCUT2D eigenvalue weighted by atomic mass is 32.2. The third kappa shape index (κ3) is 2.46. The molecule has 0 bridgehead atoms. The van der Waals surface area contributed by atoms with Gasteiger partial charge in [-0.25, -0.2) is 9.97 Å². The first kappa shape index (κ1) is 14.6. The van der Waals surface area contributed by atoms with E-state index < -0.39 is 0 Å². The van der Waals surface area contributed by atoms with E-state index in [0.29, 0.717) is 0 Å². The third-order valence-corrected chi connectivity index (χ3v) is 4.65. The summed E-state index contributed by atoms with van der Waals surface area (Å²) in [6, 6.07) is 4.36. The summed E-state index contributed by atoms with van der Waals surface area (Å²) in [6.45, 7) is 2.07. The molecule has 3 aromatic heterocycles. The molecule has 0 aliphatic carbocycles. The quantitative estimate of drug-likeness (QED) is 0.783. The van der Waals surface area contributed by atoms with E-state index in [1.165, 1.54) is 0 Å². The Labute approximate surface area is 132 Å². The molecule has 0 spiro atoms. The van der Waals surface area contributed by atoms with Crippen molar-refractivity contribution < 1.29 is 0 Å². The van der Waals surface area contributed by atoms with Gasteiger partial charge >= 0.3 is 0 Å². The van der Waals surface area contributed by atoms with E-state index in [4.69, 9.17) is 0 Å². The molecular formula is C15H16N6S. The lowest BCUT2D eigenvalue weighted by atomic mass is 10.1. The monoisotopic (exact) mass is 312 g/mol. The summed E-state index contributed by atoms with van der Waals surface area (Å²) in [5.41, 5.74) is 2.59. The number of nitriles is 1. The summed E-state index contributed by atoms with van der Waals surface area (Å²) in [7, 11) is 0. The second-order valence-electron chi connectivity index (χ2n) is 4.93. The molecule has 0 radical (unpaired) electrons. The Morgan fingerprint density at radius 1 is 1.45 bits per heavy atom. The highest BCUT2D eigenvalue weighted by Crippen LogP contribution is 2.28. The normalized spacial score (nSPS) is 13.9. The Kier molecular flexibility index (Phi) is 4.11. The van der Waals surface area contributed by atoms with Crippen molar-refractivity contribution in [3.8, 4) is 17.3 Å². The van der Waals surface area contributed by atoms with Gasteiger partial charge in [0.05, 0.1) is 24.0 Å². The fraction of sp³-hybridized carbons (Fsp3) is 0.333. The molecule has 3 aromatic rings. The zero-order chi connectivity index (χ0) is 15.5. The van der Waals surface area contributed by atoms with E-state index in [1.807, 2.05) is 29.4 Å². The van der Waals surface area contributed by atoms with Gasteiger partial charge in [0.25, 0.3) is 0 Å². The first-order chi connectivity index (χ1) is 10.8. The Balaban J connectivity index is 2.00. The minimum atomic E-state index is -0.115. The summed E-state index contributed by atoms with van der Waals surface area (Å²) in [5.74, 6) is 0. The zero-order valence-electron chi connectivity index (χ0n) is 12.4. The Morgan fingerprint density at radius 2 is 2.32 bits per heavy atom. The van der Waals surface area contributed by atoms with Crippen LogP contribution < -0.4 is 0 Å². The molecule has 1 N–H and O–H groups in total. The molecule has 0 saturated heterocycles. The van der Waals surface area contributed by atoms with Crippen LogP contribution in [0, 0.1) is 11.3 Å². The maximum atomic E-state index is 9.29. The molecule has 2 unspecified atom stereocenters. The van der Waals surface area contributed by atoms with Crippen LogP contribution in [0.25, 0.3) is 22.3 Å². The van der Waals surface area contributed by atoms with Gasteiger partial charge in [0.15, 0.2) is 0 Å². The maximum Gasteiger partial charge on any atom is 0.141 e. The van der Waals surface area contributed by atoms with Crippen LogP contribution in [0.4, 0.5) is 0 Å². The molecule has 0 fully saturated rings. The zero-order valence-corrected chi connectivity index (χ0v) is 13.2. The largest absolute Gasteiger partial charge is 0.346 e. The average Bonchev–Trinajstić information content (AvgIpc) is 3.20. The highest BCUT2D eigenvalue weighted by molar-refractivity contribution is 7.99. The SMILES string of the molecule is CCC(C(C#N)SC)n1cc(-c2ncnc3[nH]ccc23)cn1. The number of aromatic amines is 1. The number of hydrogen-bond acceptors (Lipinski definition) is 5. The summed E-state index contributed by atoms with van der Waals surface area (Å²) in [4.78, 5) is 11.7. The number of nitrogens with one attached hydrogen (secondary N) is 1. The minimum Gasteiger partial charge on any atom is -0.346 e. The number of H-pyrrole nitrogens is 1. The van der Waals surface area contributed by atoms with Crippen molar-refractivity contribution in [2.24, 2.45) is 0 Å². The second-order valence-corrected chi connectivity index (χ2v) is 5.91. The lowest BCUT2D eigenvalue weighted by Gasteiger charge is -2.19. The van der Waals surface area contributed by atoms with Crippen molar-refractivity contribution in [1.82, 2.24) is 24.7 Å². The smallest absolute Gasteiger partial charge is 0.141 e. The highest BCUT2D eigenvalue weighted by Gasteiger charge is 2.22. The topological polar surface area (TPSA) is 83.2 Å². The van der Waals surface area contributed by atoms with Gasteiger partial charge in [-0.1, -0.05) is 6.92 Å². The van der Waals surface area contributed by atoms with Crippen molar-refractivity contribution in [2.75, 3.05) is 6.26 Å². The van der Waals surface area contributed by atoms with E-state index in [2.05, 4.69) is 33.0 Å². The molecule has 0 aliphatic heterocycles. The molecule has 3 heterocycles. The fourth-order valence-electron chi connectivity index (χ4n) is 2.58. The van der Waals surface area contributed by atoms with Crippen LogP contribution in [-0.4, -0.2) is 36.2 Å². The van der Waals surface area contributed by atoms with Gasteiger partial charge in [0.2, 0.25) is 0 Å². The van der Waals surface area contributed by atoms with Gasteiger partial charge < -0.3 is 4.98 Å². The molecule has 22 heavy (non-hydrogen) atoms. The minimum absolute atomic E-state index is 0.0531. The predicted molar refractivity (Wildman–Crippen MR) is 87.4 cm³/mol. The van der Waals surface area contributed by atoms with Crippen LogP contribution in [0.1, 0.15) is 19.4 Å². The van der Waals surface area contributed by atoms with Crippen LogP contribution in [-0.2, 0) is 0 Å². The van der Waals surface area contributed by atoms with Crippen molar-refractivity contribution in [3.63, 3.8) is 0 Å². The summed E-state index contributed by atoms with van der Waals surface area (Å²) in [5, 5.41) is 14.6. The van der Waals surface area contributed by atoms with E-state index in [1.54, 1.807) is 24.3 Å². The van der Waals surface area contributed by atoms with Gasteiger partial charge in [-0.05, 0) is 18.7 Å². The molecule has 2 atom stereocenters. The van der Waals surface area contributed by atoms with Crippen LogP contribution in [0.2, 0.25) is 0 Å². The van der Waals surface area contributed by atoms with Crippen LogP contribution in [0.3, 0.4) is 0 Å². The van der Waals surface area contributed by atoms with Gasteiger partial charge in [0, 0.05) is 23.3 Å². The van der Waals surface area contributed by atoms with Crippen LogP contribution in [0.5, 0.6) is 0 Å². The Bertz CT molecular complexity index is 815. The molecular weight excluding hydrogens is 296 g/mol. The number of fused-ring (bicyclic) bond motifs is 1. The van der Waals surface area contributed by atoms with Crippen molar-refractivity contribution in [1.29, 1.82) is 5.26 Å². The van der Waals surface area contributed by atoms with E-state index in [0.717, 1.165) is 28.7 Å². The Hall–Kier alpha value is -2.33. The predicted octanol–water partition coefficient (Wildman–Crippen LogP) is 3.03. The van der Waals surface area contributed by atoms with Crippen molar-refractivity contribution in [3.05, 3.63) is 31.0 Å². The number of hydrogen-bond donors (Lipinski definition) is 1. The van der Waals surface area contributed by atoms with Crippen LogP contribution in [0.15, 0.2) is 31.0 Å². The van der Waals surface area contributed by atoms with Crippen LogP contribution >= 0.6 is 11.8 Å². The van der Waals surface area contributed by atoms with Gasteiger partial charge in [0.1, 0.15) is 17.2 Å². The molecule has 112 valence electrons. The summed E-state index contributed by atoms with van der Waals surface area (Å²) < 4.78 is 1.88. The fourth-order valence-corrected chi connectivity index (χ4v) is 3.32. The molecule has 6 nitrogen and oxygen atoms in total. The summed E-state index contributed by atoms with van der Waals surface area (Å²) in [6.07, 6.45) is 9.96. The number of thioether (sulfide) groups is 1. The van der Waals surface area contributed by atoms with Crippen molar-refractivity contribution >= 4 is 22.8 Å². The number of nitrogens with zero attached hydrogens (tertiary/aromatic N) is 5. The molecule has 0 saturated carbocycles. The van der Waals surface area contributed by atoms with Gasteiger partial charge in [-0.15, -0.1) is 11.8 Å². The lowest BCUT2D eigenvalue weighted by Crippen LogP contribution is -2.20. The van der Waals surface area contributed by atoms with Gasteiger partial charge in [-0.3, -0.25) is 4.68 Å². The van der Waals surface area contributed by atoms with E-state index in [9.17, 15) is 5.26 Å². The van der Waals surface area contributed by atoms with Gasteiger partial charge in [-0.2, -0.15) is 10.4 Å². The molecule has 0 aromatic carbocycles. The lowest BCUT2D eigenvalue weighted by molar-refractivity contribution is 0.457. The standard InChI is InChI=1S/C15H16N6S/c1-3-12(13(6-16)22-2)21-8-10(7-20-21)14-11-4-5-17-15(11)19-9-18-14/h4-5,7-9,12-13H,3H2,1-2H3,(H,17,18,19). The van der Waals surface area contributed by atoms with Crippen molar-refractivity contribution in [2.45, 2.75) is 24.6 Å². The van der Waals surface area contributed by atoms with E-state index >= 15 is 0 Å². The maximum absolute atomic E-state index is 9.29. The summed E-state index contributed by atoms with van der Waals surface area (Å²) >= 11 is 1.55. The second kappa shape index (κ2) is 6.20. The molecule has 3 rings (SSSR count). The first-order valence-corrected chi connectivity index (χ1v) is 8.32. The van der Waals surface area contributed by atoms with E-state index in [-0.39, 0.29) is 11.3 Å².